The molecule has 2 heterocycles. The van der Waals surface area contributed by atoms with Crippen LogP contribution in [0.5, 0.6) is 0 Å². The predicted molar refractivity (Wildman–Crippen MR) is 88.7 cm³/mol. The molecule has 0 atom stereocenters. The minimum absolute atomic E-state index is 0.275. The van der Waals surface area contributed by atoms with Crippen LogP contribution in [-0.2, 0) is 22.4 Å². The van der Waals surface area contributed by atoms with Gasteiger partial charge in [0.1, 0.15) is 6.29 Å². The molecule has 0 spiro atoms. The van der Waals surface area contributed by atoms with Crippen LogP contribution < -0.4 is 5.32 Å². The molecule has 4 nitrogen and oxygen atoms in total. The second-order valence-corrected chi connectivity index (χ2v) is 7.07. The number of carbonyl (C=O) groups excluding carboxylic acids is 2. The molecule has 5 heteroatoms. The third-order valence-electron chi connectivity index (χ3n) is 4.44. The van der Waals surface area contributed by atoms with Crippen LogP contribution in [0.2, 0.25) is 0 Å². The molecule has 122 valence electrons. The van der Waals surface area contributed by atoms with Gasteiger partial charge in [-0.05, 0) is 63.6 Å². The van der Waals surface area contributed by atoms with Gasteiger partial charge in [-0.2, -0.15) is 0 Å². The summed E-state index contributed by atoms with van der Waals surface area (Å²) in [6.45, 7) is 4.24. The largest absolute Gasteiger partial charge is 0.465 e. The van der Waals surface area contributed by atoms with Crippen molar-refractivity contribution in [2.24, 2.45) is 5.92 Å². The first-order chi connectivity index (χ1) is 10.7. The summed E-state index contributed by atoms with van der Waals surface area (Å²) in [4.78, 5) is 24.9. The van der Waals surface area contributed by atoms with E-state index in [0.717, 1.165) is 42.2 Å². The maximum absolute atomic E-state index is 12.0. The highest BCUT2D eigenvalue weighted by molar-refractivity contribution is 7.12. The quantitative estimate of drug-likeness (QED) is 0.619. The number of thiophene rings is 1. The standard InChI is InChI=1S/C17H25NO3S/c1-12-14(6-5-13-7-9-18-10-8-13)22-15(4-3-11-19)16(12)17(20)21-2/h11,13,18H,3-10H2,1-2H3. The van der Waals surface area contributed by atoms with E-state index in [1.54, 1.807) is 11.3 Å². The van der Waals surface area contributed by atoms with Crippen molar-refractivity contribution in [2.45, 2.75) is 45.4 Å². The molecule has 0 bridgehead atoms. The summed E-state index contributed by atoms with van der Waals surface area (Å²) in [6.07, 6.45) is 6.68. The summed E-state index contributed by atoms with van der Waals surface area (Å²) in [5.41, 5.74) is 1.74. The number of aryl methyl sites for hydroxylation is 2. The molecule has 22 heavy (non-hydrogen) atoms. The molecule has 0 unspecified atom stereocenters. The van der Waals surface area contributed by atoms with Crippen LogP contribution in [0.3, 0.4) is 0 Å². The number of hydrogen-bond donors (Lipinski definition) is 1. The van der Waals surface area contributed by atoms with Gasteiger partial charge < -0.3 is 14.8 Å². The Labute approximate surface area is 136 Å². The molecule has 0 aromatic carbocycles. The summed E-state index contributed by atoms with van der Waals surface area (Å²) in [5, 5.41) is 3.39. The molecule has 1 aromatic heterocycles. The lowest BCUT2D eigenvalue weighted by Gasteiger charge is -2.22. The normalized spacial score (nSPS) is 15.7. The van der Waals surface area contributed by atoms with E-state index < -0.39 is 0 Å². The van der Waals surface area contributed by atoms with Gasteiger partial charge in [-0.15, -0.1) is 11.3 Å². The number of nitrogens with one attached hydrogen (secondary N) is 1. The Hall–Kier alpha value is -1.20. The first kappa shape index (κ1) is 17.2. The number of esters is 1. The van der Waals surface area contributed by atoms with Crippen molar-refractivity contribution < 1.29 is 14.3 Å². The summed E-state index contributed by atoms with van der Waals surface area (Å²) < 4.78 is 4.92. The molecule has 0 amide bonds. The molecule has 0 saturated carbocycles. The van der Waals surface area contributed by atoms with Gasteiger partial charge in [-0.25, -0.2) is 4.79 Å². The number of aldehydes is 1. The Morgan fingerprint density at radius 1 is 1.32 bits per heavy atom. The lowest BCUT2D eigenvalue weighted by Crippen LogP contribution is -2.27. The molecule has 0 radical (unpaired) electrons. The van der Waals surface area contributed by atoms with E-state index in [1.165, 1.54) is 31.2 Å². The molecule has 1 aliphatic rings. The zero-order chi connectivity index (χ0) is 15.9. The highest BCUT2D eigenvalue weighted by Crippen LogP contribution is 2.32. The van der Waals surface area contributed by atoms with Crippen LogP contribution in [0.15, 0.2) is 0 Å². The maximum Gasteiger partial charge on any atom is 0.339 e. The van der Waals surface area contributed by atoms with E-state index in [-0.39, 0.29) is 5.97 Å². The lowest BCUT2D eigenvalue weighted by atomic mass is 9.92. The van der Waals surface area contributed by atoms with Crippen LogP contribution in [0.1, 0.15) is 51.4 Å². The van der Waals surface area contributed by atoms with Gasteiger partial charge in [0, 0.05) is 16.2 Å². The Bertz CT molecular complexity index is 518. The van der Waals surface area contributed by atoms with Gasteiger partial charge in [-0.1, -0.05) is 0 Å². The van der Waals surface area contributed by atoms with Crippen LogP contribution in [0, 0.1) is 12.8 Å². The van der Waals surface area contributed by atoms with Gasteiger partial charge in [-0.3, -0.25) is 0 Å². The summed E-state index contributed by atoms with van der Waals surface area (Å²) >= 11 is 1.68. The van der Waals surface area contributed by atoms with Crippen molar-refractivity contribution in [1.29, 1.82) is 0 Å². The smallest absolute Gasteiger partial charge is 0.339 e. The van der Waals surface area contributed by atoms with E-state index in [0.29, 0.717) is 18.4 Å². The first-order valence-electron chi connectivity index (χ1n) is 8.01. The van der Waals surface area contributed by atoms with Crippen molar-refractivity contribution >= 4 is 23.6 Å². The topological polar surface area (TPSA) is 55.4 Å². The molecule has 1 fully saturated rings. The second kappa shape index (κ2) is 8.44. The van der Waals surface area contributed by atoms with Crippen molar-refractivity contribution in [3.63, 3.8) is 0 Å². The predicted octanol–water partition coefficient (Wildman–Crippen LogP) is 2.91. The summed E-state index contributed by atoms with van der Waals surface area (Å²) in [6, 6.07) is 0. The zero-order valence-corrected chi connectivity index (χ0v) is 14.3. The molecule has 1 aromatic rings. The Morgan fingerprint density at radius 2 is 2.05 bits per heavy atom. The number of hydrogen-bond acceptors (Lipinski definition) is 5. The van der Waals surface area contributed by atoms with Gasteiger partial charge in [0.25, 0.3) is 0 Å². The molecule has 1 saturated heterocycles. The molecule has 0 aliphatic carbocycles. The third kappa shape index (κ3) is 4.17. The van der Waals surface area contributed by atoms with Gasteiger partial charge >= 0.3 is 5.97 Å². The van der Waals surface area contributed by atoms with E-state index in [1.807, 2.05) is 6.92 Å². The maximum atomic E-state index is 12.0. The van der Waals surface area contributed by atoms with E-state index in [2.05, 4.69) is 5.32 Å². The highest BCUT2D eigenvalue weighted by atomic mass is 32.1. The zero-order valence-electron chi connectivity index (χ0n) is 13.4. The molecule has 1 N–H and O–H groups in total. The first-order valence-corrected chi connectivity index (χ1v) is 8.82. The van der Waals surface area contributed by atoms with Crippen molar-refractivity contribution in [3.05, 3.63) is 20.9 Å². The SMILES string of the molecule is COC(=O)c1c(CCC=O)sc(CCC2CCNCC2)c1C. The van der Waals surface area contributed by atoms with Gasteiger partial charge in [0.2, 0.25) is 0 Å². The van der Waals surface area contributed by atoms with Gasteiger partial charge in [0.05, 0.1) is 12.7 Å². The summed E-state index contributed by atoms with van der Waals surface area (Å²) in [7, 11) is 1.41. The highest BCUT2D eigenvalue weighted by Gasteiger charge is 2.22. The van der Waals surface area contributed by atoms with Crippen molar-refractivity contribution in [3.8, 4) is 0 Å². The fourth-order valence-corrected chi connectivity index (χ4v) is 4.43. The van der Waals surface area contributed by atoms with E-state index in [4.69, 9.17) is 4.74 Å². The number of methoxy groups -OCH3 is 1. The number of rotatable bonds is 7. The Morgan fingerprint density at radius 3 is 2.68 bits per heavy atom. The number of carbonyl (C=O) groups is 2. The number of piperidine rings is 1. The molecule has 2 rings (SSSR count). The second-order valence-electron chi connectivity index (χ2n) is 5.88. The monoisotopic (exact) mass is 323 g/mol. The fourth-order valence-electron chi connectivity index (χ4n) is 3.10. The molecule has 1 aliphatic heterocycles. The Balaban J connectivity index is 2.10. The molecular weight excluding hydrogens is 298 g/mol. The lowest BCUT2D eigenvalue weighted by molar-refractivity contribution is -0.107. The minimum Gasteiger partial charge on any atom is -0.465 e. The van der Waals surface area contributed by atoms with Gasteiger partial charge in [0.15, 0.2) is 0 Å². The van der Waals surface area contributed by atoms with E-state index in [9.17, 15) is 9.59 Å². The van der Waals surface area contributed by atoms with E-state index >= 15 is 0 Å². The fraction of sp³-hybridized carbons (Fsp3) is 0.647. The third-order valence-corrected chi connectivity index (χ3v) is 5.85. The summed E-state index contributed by atoms with van der Waals surface area (Å²) in [5.74, 6) is 0.505. The van der Waals surface area contributed by atoms with Crippen LogP contribution in [0.4, 0.5) is 0 Å². The molecular formula is C17H25NO3S. The van der Waals surface area contributed by atoms with Crippen LogP contribution in [0.25, 0.3) is 0 Å². The average molecular weight is 323 g/mol. The van der Waals surface area contributed by atoms with Crippen molar-refractivity contribution in [2.75, 3.05) is 20.2 Å². The average Bonchev–Trinajstić information content (AvgIpc) is 2.87. The minimum atomic E-state index is -0.275. The Kier molecular flexibility index (Phi) is 6.58. The van der Waals surface area contributed by atoms with Crippen LogP contribution >= 0.6 is 11.3 Å². The van der Waals surface area contributed by atoms with Crippen LogP contribution in [-0.4, -0.2) is 32.5 Å². The number of ether oxygens (including phenoxy) is 1. The van der Waals surface area contributed by atoms with Crippen molar-refractivity contribution in [1.82, 2.24) is 5.32 Å².